The van der Waals surface area contributed by atoms with Crippen molar-refractivity contribution in [3.05, 3.63) is 57.2 Å². The van der Waals surface area contributed by atoms with Gasteiger partial charge in [0.05, 0.1) is 4.92 Å². The molecular weight excluding hydrogens is 480 g/mol. The number of piperidine rings is 1. The summed E-state index contributed by atoms with van der Waals surface area (Å²) >= 11 is 5.99. The van der Waals surface area contributed by atoms with Crippen LogP contribution in [0.5, 0.6) is 0 Å². The smallest absolute Gasteiger partial charge is 0.290 e. The molecule has 0 aliphatic carbocycles. The van der Waals surface area contributed by atoms with Crippen molar-refractivity contribution in [1.29, 1.82) is 0 Å². The van der Waals surface area contributed by atoms with Crippen LogP contribution in [-0.4, -0.2) is 77.5 Å². The Bertz CT molecular complexity index is 1020. The van der Waals surface area contributed by atoms with E-state index in [9.17, 15) is 14.9 Å². The second-order valence-electron chi connectivity index (χ2n) is 9.27. The molecule has 9 nitrogen and oxygen atoms in total. The Kier molecular flexibility index (Phi) is 9.89. The van der Waals surface area contributed by atoms with Gasteiger partial charge in [-0.1, -0.05) is 19.0 Å². The molecule has 2 aliphatic rings. The van der Waals surface area contributed by atoms with Gasteiger partial charge in [0, 0.05) is 68.5 Å². The normalized spacial score (nSPS) is 16.9. The van der Waals surface area contributed by atoms with Crippen LogP contribution in [0.3, 0.4) is 0 Å². The number of pyridine rings is 1. The summed E-state index contributed by atoms with van der Waals surface area (Å²) in [5.74, 6) is 0.876. The van der Waals surface area contributed by atoms with E-state index in [2.05, 4.69) is 32.2 Å². The number of nitrogens with one attached hydrogen (secondary N) is 1. The number of likely N-dealkylation sites (tertiary alicyclic amines) is 1. The molecule has 1 aromatic carbocycles. The molecule has 10 heteroatoms. The molecule has 0 radical (unpaired) electrons. The lowest BCUT2D eigenvalue weighted by atomic mass is 10.0. The molecule has 4 rings (SSSR count). The zero-order valence-corrected chi connectivity index (χ0v) is 20.9. The van der Waals surface area contributed by atoms with Crippen LogP contribution in [0.4, 0.5) is 17.2 Å². The summed E-state index contributed by atoms with van der Waals surface area (Å²) in [6.07, 6.45) is 3.15. The number of aryl methyl sites for hydroxylation is 1. The zero-order chi connectivity index (χ0) is 24.8. The lowest BCUT2D eigenvalue weighted by Crippen LogP contribution is -2.47. The summed E-state index contributed by atoms with van der Waals surface area (Å²) in [6.45, 7) is 8.02. The maximum absolute atomic E-state index is 12.7. The second-order valence-corrected chi connectivity index (χ2v) is 9.70. The standard InChI is InChI=1S/C25H33ClN6O3.CH4/c1-19-23(32(34)35)8-9-24(27-19)28-21-10-13-31(14-11-21)25(33)3-2-12-29-15-17-30(18-16-29)22-6-4-20(26)5-7-22;/h4-9,21H,2-3,10-18H2,1H3,(H,27,28);1H4. The van der Waals surface area contributed by atoms with Crippen LogP contribution < -0.4 is 10.2 Å². The number of hydrogen-bond donors (Lipinski definition) is 1. The summed E-state index contributed by atoms with van der Waals surface area (Å²) in [4.78, 5) is 34.3. The van der Waals surface area contributed by atoms with Crippen molar-refractivity contribution in [2.75, 3.05) is 56.0 Å². The average molecular weight is 517 g/mol. The molecule has 0 atom stereocenters. The maximum atomic E-state index is 12.7. The lowest BCUT2D eigenvalue weighted by Gasteiger charge is -2.36. The summed E-state index contributed by atoms with van der Waals surface area (Å²) in [5.41, 5.74) is 1.64. The van der Waals surface area contributed by atoms with Crippen LogP contribution in [0, 0.1) is 17.0 Å². The summed E-state index contributed by atoms with van der Waals surface area (Å²) in [7, 11) is 0. The van der Waals surface area contributed by atoms with Gasteiger partial charge in [0.2, 0.25) is 5.91 Å². The Morgan fingerprint density at radius 3 is 2.36 bits per heavy atom. The Hall–Kier alpha value is -2.91. The molecular formula is C26H37ClN6O3. The topological polar surface area (TPSA) is 94.9 Å². The molecule has 36 heavy (non-hydrogen) atoms. The first-order chi connectivity index (χ1) is 16.9. The highest BCUT2D eigenvalue weighted by Gasteiger charge is 2.24. The quantitative estimate of drug-likeness (QED) is 0.405. The van der Waals surface area contributed by atoms with Crippen LogP contribution in [0.25, 0.3) is 0 Å². The van der Waals surface area contributed by atoms with E-state index in [1.54, 1.807) is 13.0 Å². The van der Waals surface area contributed by atoms with Crippen LogP contribution >= 0.6 is 11.6 Å². The molecule has 2 saturated heterocycles. The van der Waals surface area contributed by atoms with Gasteiger partial charge in [-0.05, 0) is 63.1 Å². The minimum atomic E-state index is -0.419. The maximum Gasteiger partial charge on any atom is 0.290 e. The van der Waals surface area contributed by atoms with Gasteiger partial charge in [0.1, 0.15) is 11.5 Å². The van der Waals surface area contributed by atoms with Crippen LogP contribution in [0.15, 0.2) is 36.4 Å². The van der Waals surface area contributed by atoms with E-state index in [1.807, 2.05) is 17.0 Å². The molecule has 196 valence electrons. The van der Waals surface area contributed by atoms with Crippen molar-refractivity contribution < 1.29 is 9.72 Å². The predicted octanol–water partition coefficient (Wildman–Crippen LogP) is 4.59. The Morgan fingerprint density at radius 1 is 1.08 bits per heavy atom. The van der Waals surface area contributed by atoms with Gasteiger partial charge in [0.25, 0.3) is 5.69 Å². The van der Waals surface area contributed by atoms with Gasteiger partial charge >= 0.3 is 0 Å². The van der Waals surface area contributed by atoms with E-state index in [4.69, 9.17) is 11.6 Å². The molecule has 0 bridgehead atoms. The lowest BCUT2D eigenvalue weighted by molar-refractivity contribution is -0.385. The van der Waals surface area contributed by atoms with Crippen LogP contribution in [-0.2, 0) is 4.79 Å². The fourth-order valence-corrected chi connectivity index (χ4v) is 4.93. The van der Waals surface area contributed by atoms with Gasteiger partial charge < -0.3 is 15.1 Å². The summed E-state index contributed by atoms with van der Waals surface area (Å²) < 4.78 is 0. The van der Waals surface area contributed by atoms with E-state index in [0.717, 1.165) is 70.1 Å². The van der Waals surface area contributed by atoms with E-state index < -0.39 is 4.92 Å². The van der Waals surface area contributed by atoms with Crippen molar-refractivity contribution in [3.63, 3.8) is 0 Å². The molecule has 0 saturated carbocycles. The number of rotatable bonds is 8. The Balaban J connectivity index is 0.00000361. The zero-order valence-electron chi connectivity index (χ0n) is 20.2. The number of nitro groups is 1. The number of aromatic nitrogens is 1. The first kappa shape index (κ1) is 27.7. The van der Waals surface area contributed by atoms with Crippen LogP contribution in [0.2, 0.25) is 5.02 Å². The Morgan fingerprint density at radius 2 is 1.75 bits per heavy atom. The van der Waals surface area contributed by atoms with E-state index in [1.165, 1.54) is 11.8 Å². The number of carbonyl (C=O) groups excluding carboxylic acids is 1. The minimum absolute atomic E-state index is 0. The number of nitrogens with zero attached hydrogens (tertiary/aromatic N) is 5. The van der Waals surface area contributed by atoms with Gasteiger partial charge in [-0.25, -0.2) is 4.98 Å². The fraction of sp³-hybridized carbons (Fsp3) is 0.538. The van der Waals surface area contributed by atoms with Gasteiger partial charge in [0.15, 0.2) is 0 Å². The number of anilines is 2. The van der Waals surface area contributed by atoms with E-state index in [-0.39, 0.29) is 25.1 Å². The molecule has 2 aromatic rings. The van der Waals surface area contributed by atoms with Gasteiger partial charge in [-0.3, -0.25) is 19.8 Å². The molecule has 2 aliphatic heterocycles. The highest BCUT2D eigenvalue weighted by atomic mass is 35.5. The monoisotopic (exact) mass is 516 g/mol. The second kappa shape index (κ2) is 12.9. The van der Waals surface area contributed by atoms with Gasteiger partial charge in [-0.15, -0.1) is 0 Å². The predicted molar refractivity (Wildman–Crippen MR) is 145 cm³/mol. The average Bonchev–Trinajstić information content (AvgIpc) is 2.85. The largest absolute Gasteiger partial charge is 0.369 e. The molecule has 0 unspecified atom stereocenters. The SMILES string of the molecule is C.Cc1nc(NC2CCN(C(=O)CCCN3CCN(c4ccc(Cl)cc4)CC3)CC2)ccc1[N+](=O)[O-]. The third kappa shape index (κ3) is 7.30. The van der Waals surface area contributed by atoms with E-state index in [0.29, 0.717) is 17.9 Å². The Labute approximate surface area is 218 Å². The van der Waals surface area contributed by atoms with Crippen molar-refractivity contribution >= 4 is 34.7 Å². The molecule has 3 heterocycles. The third-order valence-corrected chi connectivity index (χ3v) is 7.14. The third-order valence-electron chi connectivity index (χ3n) is 6.88. The number of piperazine rings is 1. The number of carbonyl (C=O) groups is 1. The molecule has 0 spiro atoms. The van der Waals surface area contributed by atoms with Crippen molar-refractivity contribution in [2.24, 2.45) is 0 Å². The van der Waals surface area contributed by atoms with Crippen molar-refractivity contribution in [1.82, 2.24) is 14.8 Å². The van der Waals surface area contributed by atoms with E-state index >= 15 is 0 Å². The molecule has 2 fully saturated rings. The first-order valence-electron chi connectivity index (χ1n) is 12.3. The highest BCUT2D eigenvalue weighted by molar-refractivity contribution is 6.30. The van der Waals surface area contributed by atoms with Crippen LogP contribution in [0.1, 0.15) is 38.8 Å². The summed E-state index contributed by atoms with van der Waals surface area (Å²) in [6, 6.07) is 11.4. The number of benzene rings is 1. The summed E-state index contributed by atoms with van der Waals surface area (Å²) in [5, 5.41) is 15.1. The van der Waals surface area contributed by atoms with Crippen molar-refractivity contribution in [2.45, 2.75) is 46.1 Å². The molecule has 1 N–H and O–H groups in total. The number of hydrogen-bond acceptors (Lipinski definition) is 7. The highest BCUT2D eigenvalue weighted by Crippen LogP contribution is 2.22. The van der Waals surface area contributed by atoms with Gasteiger partial charge in [-0.2, -0.15) is 0 Å². The number of halogens is 1. The molecule has 1 aromatic heterocycles. The van der Waals surface area contributed by atoms with Crippen molar-refractivity contribution in [3.8, 4) is 0 Å². The fourth-order valence-electron chi connectivity index (χ4n) is 4.80. The first-order valence-corrected chi connectivity index (χ1v) is 12.7. The molecule has 1 amide bonds. The minimum Gasteiger partial charge on any atom is -0.369 e. The number of amides is 1.